The van der Waals surface area contributed by atoms with Gasteiger partial charge in [0.25, 0.3) is 0 Å². The Morgan fingerprint density at radius 2 is 1.63 bits per heavy atom. The Hall–Kier alpha value is -2.90. The third kappa shape index (κ3) is 5.58. The lowest BCUT2D eigenvalue weighted by Crippen LogP contribution is -2.57. The van der Waals surface area contributed by atoms with Crippen molar-refractivity contribution in [1.82, 2.24) is 15.5 Å². The Morgan fingerprint density at radius 3 is 2.13 bits per heavy atom. The first-order valence-electron chi connectivity index (χ1n) is 10.2. The largest absolute Gasteiger partial charge is 0.467 e. The van der Waals surface area contributed by atoms with E-state index in [-0.39, 0.29) is 30.3 Å². The molecule has 0 saturated carbocycles. The van der Waals surface area contributed by atoms with Gasteiger partial charge in [0, 0.05) is 0 Å². The van der Waals surface area contributed by atoms with E-state index in [2.05, 4.69) is 10.6 Å². The second-order valence-corrected chi connectivity index (χ2v) is 8.19. The van der Waals surface area contributed by atoms with Gasteiger partial charge in [-0.1, -0.05) is 58.0 Å². The number of rotatable bonds is 9. The lowest BCUT2D eigenvalue weighted by Gasteiger charge is -2.40. The van der Waals surface area contributed by atoms with Crippen molar-refractivity contribution < 1.29 is 23.9 Å². The van der Waals surface area contributed by atoms with E-state index in [4.69, 9.17) is 4.74 Å². The third-order valence-corrected chi connectivity index (χ3v) is 5.25. The van der Waals surface area contributed by atoms with Crippen LogP contribution in [-0.2, 0) is 23.9 Å². The molecule has 3 atom stereocenters. The molecule has 164 valence electrons. The SMILES string of the molecule is COC(=O)[C@@H](NC(=O)[C@@H](NC(=O)CN1C(=O)CC1c1ccccc1)C(C)C)C(C)C. The highest BCUT2D eigenvalue weighted by molar-refractivity contribution is 5.93. The van der Waals surface area contributed by atoms with E-state index in [9.17, 15) is 19.2 Å². The standard InChI is InChI=1S/C22H31N3O5/c1-13(2)19(21(28)24-20(14(3)4)22(29)30-5)23-17(26)12-25-16(11-18(25)27)15-9-7-6-8-10-15/h6-10,13-14,16,19-20H,11-12H2,1-5H3,(H,23,26)(H,24,28)/t16?,19-,20-/m0/s1. The molecule has 1 aromatic rings. The molecule has 1 aliphatic heterocycles. The van der Waals surface area contributed by atoms with Crippen molar-refractivity contribution in [2.45, 2.75) is 52.2 Å². The van der Waals surface area contributed by atoms with Crippen LogP contribution in [0.2, 0.25) is 0 Å². The molecule has 0 aromatic heterocycles. The second-order valence-electron chi connectivity index (χ2n) is 8.19. The highest BCUT2D eigenvalue weighted by Crippen LogP contribution is 2.33. The molecule has 30 heavy (non-hydrogen) atoms. The van der Waals surface area contributed by atoms with Gasteiger partial charge in [0.1, 0.15) is 18.6 Å². The maximum absolute atomic E-state index is 12.8. The number of amides is 3. The zero-order chi connectivity index (χ0) is 22.4. The summed E-state index contributed by atoms with van der Waals surface area (Å²) >= 11 is 0. The highest BCUT2D eigenvalue weighted by Gasteiger charge is 2.39. The van der Waals surface area contributed by atoms with Crippen LogP contribution in [0.5, 0.6) is 0 Å². The average Bonchev–Trinajstić information content (AvgIpc) is 2.71. The Kier molecular flexibility index (Phi) is 7.97. The number of benzene rings is 1. The van der Waals surface area contributed by atoms with Crippen LogP contribution in [0, 0.1) is 11.8 Å². The molecule has 0 radical (unpaired) electrons. The fourth-order valence-corrected chi connectivity index (χ4v) is 3.40. The normalized spacial score (nSPS) is 17.9. The number of nitrogens with zero attached hydrogens (tertiary/aromatic N) is 1. The molecule has 1 fully saturated rings. The zero-order valence-corrected chi connectivity index (χ0v) is 18.2. The first-order chi connectivity index (χ1) is 14.1. The number of carbonyl (C=O) groups is 4. The molecule has 1 aromatic carbocycles. The predicted molar refractivity (Wildman–Crippen MR) is 111 cm³/mol. The minimum atomic E-state index is -0.838. The van der Waals surface area contributed by atoms with Gasteiger partial charge in [0.15, 0.2) is 0 Å². The van der Waals surface area contributed by atoms with E-state index in [1.54, 1.807) is 27.7 Å². The van der Waals surface area contributed by atoms with Crippen LogP contribution in [0.4, 0.5) is 0 Å². The lowest BCUT2D eigenvalue weighted by atomic mass is 9.94. The molecule has 8 nitrogen and oxygen atoms in total. The summed E-state index contributed by atoms with van der Waals surface area (Å²) in [7, 11) is 1.26. The fraction of sp³-hybridized carbons (Fsp3) is 0.545. The molecule has 1 heterocycles. The van der Waals surface area contributed by atoms with Crippen LogP contribution in [0.25, 0.3) is 0 Å². The molecule has 1 saturated heterocycles. The van der Waals surface area contributed by atoms with Gasteiger partial charge in [-0.25, -0.2) is 4.79 Å². The molecule has 1 unspecified atom stereocenters. The van der Waals surface area contributed by atoms with E-state index in [0.29, 0.717) is 6.42 Å². The number of carbonyl (C=O) groups excluding carboxylic acids is 4. The highest BCUT2D eigenvalue weighted by atomic mass is 16.5. The topological polar surface area (TPSA) is 105 Å². The fourth-order valence-electron chi connectivity index (χ4n) is 3.40. The molecular weight excluding hydrogens is 386 g/mol. The summed E-state index contributed by atoms with van der Waals surface area (Å²) in [6, 6.07) is 7.74. The van der Waals surface area contributed by atoms with Crippen LogP contribution < -0.4 is 10.6 Å². The summed E-state index contributed by atoms with van der Waals surface area (Å²) < 4.78 is 4.75. The van der Waals surface area contributed by atoms with Gasteiger partial charge in [0.05, 0.1) is 19.6 Å². The number of nitrogens with one attached hydrogen (secondary N) is 2. The van der Waals surface area contributed by atoms with Crippen LogP contribution >= 0.6 is 0 Å². The monoisotopic (exact) mass is 417 g/mol. The summed E-state index contributed by atoms with van der Waals surface area (Å²) in [6.45, 7) is 7.07. The van der Waals surface area contributed by atoms with Crippen molar-refractivity contribution in [3.63, 3.8) is 0 Å². The molecule has 3 amide bonds. The summed E-state index contributed by atoms with van der Waals surface area (Å²) in [4.78, 5) is 50.9. The van der Waals surface area contributed by atoms with Crippen molar-refractivity contribution in [3.05, 3.63) is 35.9 Å². The summed E-state index contributed by atoms with van der Waals surface area (Å²) in [5.41, 5.74) is 0.973. The Balaban J connectivity index is 2.02. The first-order valence-corrected chi connectivity index (χ1v) is 10.2. The second kappa shape index (κ2) is 10.2. The minimum Gasteiger partial charge on any atom is -0.467 e. The number of methoxy groups -OCH3 is 1. The minimum absolute atomic E-state index is 0.102. The number of β-lactam (4-membered cyclic amide) rings is 1. The number of esters is 1. The predicted octanol–water partition coefficient (Wildman–Crippen LogP) is 1.41. The first kappa shape index (κ1) is 23.4. The molecule has 2 N–H and O–H groups in total. The average molecular weight is 418 g/mol. The Labute approximate surface area is 177 Å². The summed E-state index contributed by atoms with van der Waals surface area (Å²) in [6.07, 6.45) is 0.362. The summed E-state index contributed by atoms with van der Waals surface area (Å²) in [5, 5.41) is 5.38. The van der Waals surface area contributed by atoms with Crippen LogP contribution in [0.3, 0.4) is 0 Å². The lowest BCUT2D eigenvalue weighted by molar-refractivity contribution is -0.150. The van der Waals surface area contributed by atoms with Crippen molar-refractivity contribution in [3.8, 4) is 0 Å². The molecule has 2 rings (SSSR count). The Bertz CT molecular complexity index is 778. The van der Waals surface area contributed by atoms with Gasteiger partial charge in [0.2, 0.25) is 17.7 Å². The van der Waals surface area contributed by atoms with Gasteiger partial charge in [-0.05, 0) is 17.4 Å². The molecule has 0 spiro atoms. The van der Waals surface area contributed by atoms with Crippen molar-refractivity contribution in [2.75, 3.05) is 13.7 Å². The third-order valence-electron chi connectivity index (χ3n) is 5.25. The quantitative estimate of drug-likeness (QED) is 0.467. The maximum Gasteiger partial charge on any atom is 0.328 e. The molecule has 0 aliphatic carbocycles. The molecule has 0 bridgehead atoms. The number of hydrogen-bond donors (Lipinski definition) is 2. The number of likely N-dealkylation sites (tertiary alicyclic amines) is 1. The van der Waals surface area contributed by atoms with E-state index < -0.39 is 29.9 Å². The van der Waals surface area contributed by atoms with Crippen molar-refractivity contribution in [2.24, 2.45) is 11.8 Å². The van der Waals surface area contributed by atoms with Crippen molar-refractivity contribution in [1.29, 1.82) is 0 Å². The van der Waals surface area contributed by atoms with E-state index >= 15 is 0 Å². The number of hydrogen-bond acceptors (Lipinski definition) is 5. The van der Waals surface area contributed by atoms with Crippen molar-refractivity contribution >= 4 is 23.7 Å². The summed E-state index contributed by atoms with van der Waals surface area (Å²) in [5.74, 6) is -1.90. The molecule has 1 aliphatic rings. The van der Waals surface area contributed by atoms with Gasteiger partial charge in [-0.15, -0.1) is 0 Å². The smallest absolute Gasteiger partial charge is 0.328 e. The van der Waals surface area contributed by atoms with Gasteiger partial charge >= 0.3 is 5.97 Å². The maximum atomic E-state index is 12.8. The van der Waals surface area contributed by atoms with Crippen LogP contribution in [0.15, 0.2) is 30.3 Å². The van der Waals surface area contributed by atoms with Crippen LogP contribution in [-0.4, -0.2) is 54.3 Å². The zero-order valence-electron chi connectivity index (χ0n) is 18.2. The van der Waals surface area contributed by atoms with Gasteiger partial charge in [-0.3, -0.25) is 14.4 Å². The molecule has 8 heteroatoms. The Morgan fingerprint density at radius 1 is 1.03 bits per heavy atom. The van der Waals surface area contributed by atoms with Crippen LogP contribution in [0.1, 0.15) is 45.7 Å². The van der Waals surface area contributed by atoms with E-state index in [0.717, 1.165) is 5.56 Å². The molecular formula is C22H31N3O5. The van der Waals surface area contributed by atoms with Gasteiger partial charge in [-0.2, -0.15) is 0 Å². The van der Waals surface area contributed by atoms with Gasteiger partial charge < -0.3 is 20.3 Å². The number of ether oxygens (including phenoxy) is 1. The van der Waals surface area contributed by atoms with E-state index in [1.165, 1.54) is 12.0 Å². The van der Waals surface area contributed by atoms with E-state index in [1.807, 2.05) is 30.3 Å².